The zero-order valence-corrected chi connectivity index (χ0v) is 14.5. The smallest absolute Gasteiger partial charge is 0.270 e. The lowest BCUT2D eigenvalue weighted by Crippen LogP contribution is -2.44. The molecule has 1 aliphatic heterocycles. The molecule has 0 aliphatic carbocycles. The maximum atomic E-state index is 13.2. The van der Waals surface area contributed by atoms with Crippen molar-refractivity contribution in [2.24, 2.45) is 0 Å². The largest absolute Gasteiger partial charge is 0.337 e. The lowest BCUT2D eigenvalue weighted by molar-refractivity contribution is 0.0699. The third-order valence-corrected chi connectivity index (χ3v) is 5.13. The molecule has 1 aliphatic rings. The van der Waals surface area contributed by atoms with Gasteiger partial charge < -0.3 is 14.8 Å². The Hall–Kier alpha value is -2.59. The standard InChI is InChI=1S/C21H23N3O/c1-22-17-11-13-23(14-12-17)21(25)20-15-16-7-5-6-10-19(16)24(20)18-8-3-2-4-9-18/h2-10,15,17,22H,11-14H2,1H3. The van der Waals surface area contributed by atoms with Crippen LogP contribution >= 0.6 is 0 Å². The van der Waals surface area contributed by atoms with E-state index in [9.17, 15) is 4.79 Å². The Bertz CT molecular complexity index is 877. The first-order valence-electron chi connectivity index (χ1n) is 8.90. The molecular formula is C21H23N3O. The number of benzene rings is 2. The number of hydrogen-bond donors (Lipinski definition) is 1. The number of nitrogens with zero attached hydrogens (tertiary/aromatic N) is 2. The molecule has 4 nitrogen and oxygen atoms in total. The number of hydrogen-bond acceptors (Lipinski definition) is 2. The highest BCUT2D eigenvalue weighted by Gasteiger charge is 2.26. The molecule has 0 atom stereocenters. The molecule has 1 amide bonds. The average molecular weight is 333 g/mol. The first-order valence-corrected chi connectivity index (χ1v) is 8.90. The predicted molar refractivity (Wildman–Crippen MR) is 101 cm³/mol. The molecule has 0 saturated carbocycles. The summed E-state index contributed by atoms with van der Waals surface area (Å²) in [5, 5.41) is 4.42. The van der Waals surface area contributed by atoms with Crippen LogP contribution < -0.4 is 5.32 Å². The summed E-state index contributed by atoms with van der Waals surface area (Å²) in [7, 11) is 2.00. The van der Waals surface area contributed by atoms with Gasteiger partial charge in [0.05, 0.1) is 5.52 Å². The zero-order valence-electron chi connectivity index (χ0n) is 14.5. The van der Waals surface area contributed by atoms with Crippen LogP contribution in [0.2, 0.25) is 0 Å². The summed E-state index contributed by atoms with van der Waals surface area (Å²) in [6.07, 6.45) is 2.02. The Labute approximate surface area is 148 Å². The molecule has 3 aromatic rings. The number of amides is 1. The van der Waals surface area contributed by atoms with Crippen molar-refractivity contribution in [2.75, 3.05) is 20.1 Å². The highest BCUT2D eigenvalue weighted by atomic mass is 16.2. The van der Waals surface area contributed by atoms with E-state index in [4.69, 9.17) is 0 Å². The Morgan fingerprint density at radius 1 is 1.00 bits per heavy atom. The normalized spacial score (nSPS) is 15.6. The highest BCUT2D eigenvalue weighted by Crippen LogP contribution is 2.26. The van der Waals surface area contributed by atoms with Gasteiger partial charge in [-0.1, -0.05) is 36.4 Å². The number of rotatable bonds is 3. The minimum absolute atomic E-state index is 0.120. The zero-order chi connectivity index (χ0) is 17.2. The van der Waals surface area contributed by atoms with E-state index in [0.717, 1.165) is 48.2 Å². The fourth-order valence-electron chi connectivity index (χ4n) is 3.70. The quantitative estimate of drug-likeness (QED) is 0.797. The van der Waals surface area contributed by atoms with E-state index in [1.165, 1.54) is 0 Å². The van der Waals surface area contributed by atoms with Crippen LogP contribution in [0.5, 0.6) is 0 Å². The Balaban J connectivity index is 1.75. The Morgan fingerprint density at radius 3 is 2.40 bits per heavy atom. The molecule has 4 heteroatoms. The molecule has 0 spiro atoms. The lowest BCUT2D eigenvalue weighted by atomic mass is 10.1. The number of carbonyl (C=O) groups is 1. The summed E-state index contributed by atoms with van der Waals surface area (Å²) in [5.74, 6) is 0.120. The van der Waals surface area contributed by atoms with Gasteiger partial charge in [-0.05, 0) is 44.2 Å². The number of nitrogens with one attached hydrogen (secondary N) is 1. The molecule has 25 heavy (non-hydrogen) atoms. The number of para-hydroxylation sites is 2. The molecule has 0 unspecified atom stereocenters. The lowest BCUT2D eigenvalue weighted by Gasteiger charge is -2.32. The molecule has 1 N–H and O–H groups in total. The van der Waals surface area contributed by atoms with E-state index in [-0.39, 0.29) is 5.91 Å². The Kier molecular flexibility index (Phi) is 4.28. The molecule has 0 radical (unpaired) electrons. The fourth-order valence-corrected chi connectivity index (χ4v) is 3.70. The van der Waals surface area contributed by atoms with Crippen molar-refractivity contribution < 1.29 is 4.79 Å². The van der Waals surface area contributed by atoms with Crippen LogP contribution in [0, 0.1) is 0 Å². The number of likely N-dealkylation sites (tertiary alicyclic amines) is 1. The summed E-state index contributed by atoms with van der Waals surface area (Å²) in [4.78, 5) is 15.2. The van der Waals surface area contributed by atoms with Crippen molar-refractivity contribution in [1.82, 2.24) is 14.8 Å². The maximum Gasteiger partial charge on any atom is 0.270 e. The monoisotopic (exact) mass is 333 g/mol. The van der Waals surface area contributed by atoms with E-state index < -0.39 is 0 Å². The van der Waals surface area contributed by atoms with Crippen LogP contribution in [0.4, 0.5) is 0 Å². The first kappa shape index (κ1) is 15.9. The van der Waals surface area contributed by atoms with Crippen LogP contribution in [0.25, 0.3) is 16.6 Å². The highest BCUT2D eigenvalue weighted by molar-refractivity contribution is 6.00. The van der Waals surface area contributed by atoms with E-state index >= 15 is 0 Å². The first-order chi connectivity index (χ1) is 12.3. The second-order valence-electron chi connectivity index (χ2n) is 6.61. The van der Waals surface area contributed by atoms with Crippen molar-refractivity contribution in [2.45, 2.75) is 18.9 Å². The van der Waals surface area contributed by atoms with Gasteiger partial charge in [-0.25, -0.2) is 0 Å². The van der Waals surface area contributed by atoms with E-state index in [1.54, 1.807) is 0 Å². The van der Waals surface area contributed by atoms with Crippen LogP contribution in [-0.2, 0) is 0 Å². The number of carbonyl (C=O) groups excluding carboxylic acids is 1. The van der Waals surface area contributed by atoms with Crippen molar-refractivity contribution in [3.8, 4) is 5.69 Å². The van der Waals surface area contributed by atoms with Gasteiger partial charge >= 0.3 is 0 Å². The van der Waals surface area contributed by atoms with Gasteiger partial charge in [-0.3, -0.25) is 4.79 Å². The molecule has 0 bridgehead atoms. The molecule has 128 valence electrons. The van der Waals surface area contributed by atoms with Crippen molar-refractivity contribution in [1.29, 1.82) is 0 Å². The summed E-state index contributed by atoms with van der Waals surface area (Å²) < 4.78 is 2.09. The minimum Gasteiger partial charge on any atom is -0.337 e. The topological polar surface area (TPSA) is 37.3 Å². The van der Waals surface area contributed by atoms with Crippen molar-refractivity contribution >= 4 is 16.8 Å². The average Bonchev–Trinajstić information content (AvgIpc) is 3.07. The fraction of sp³-hybridized carbons (Fsp3) is 0.286. The number of piperidine rings is 1. The maximum absolute atomic E-state index is 13.2. The van der Waals surface area contributed by atoms with Gasteiger partial charge in [0.15, 0.2) is 0 Å². The third kappa shape index (κ3) is 2.94. The van der Waals surface area contributed by atoms with E-state index in [0.29, 0.717) is 6.04 Å². The molecule has 1 fully saturated rings. The number of fused-ring (bicyclic) bond motifs is 1. The molecule has 1 saturated heterocycles. The second kappa shape index (κ2) is 6.73. The van der Waals surface area contributed by atoms with Gasteiger partial charge in [0, 0.05) is 30.2 Å². The van der Waals surface area contributed by atoms with Gasteiger partial charge in [0.25, 0.3) is 5.91 Å². The van der Waals surface area contributed by atoms with Crippen LogP contribution in [0.1, 0.15) is 23.3 Å². The van der Waals surface area contributed by atoms with E-state index in [1.807, 2.05) is 48.3 Å². The molecule has 1 aromatic heterocycles. The van der Waals surface area contributed by atoms with Gasteiger partial charge in [0.2, 0.25) is 0 Å². The third-order valence-electron chi connectivity index (χ3n) is 5.13. The Morgan fingerprint density at radius 2 is 1.68 bits per heavy atom. The van der Waals surface area contributed by atoms with Crippen LogP contribution in [0.3, 0.4) is 0 Å². The summed E-state index contributed by atoms with van der Waals surface area (Å²) in [6, 6.07) is 20.8. The molecule has 4 rings (SSSR count). The van der Waals surface area contributed by atoms with E-state index in [2.05, 4.69) is 34.1 Å². The van der Waals surface area contributed by atoms with Crippen LogP contribution in [0.15, 0.2) is 60.7 Å². The van der Waals surface area contributed by atoms with Crippen LogP contribution in [-0.4, -0.2) is 41.6 Å². The summed E-state index contributed by atoms with van der Waals surface area (Å²) in [6.45, 7) is 1.61. The SMILES string of the molecule is CNC1CCN(C(=O)c2cc3ccccc3n2-c2ccccc2)CC1. The van der Waals surface area contributed by atoms with Gasteiger partial charge in [0.1, 0.15) is 5.69 Å². The van der Waals surface area contributed by atoms with Crippen molar-refractivity contribution in [3.63, 3.8) is 0 Å². The van der Waals surface area contributed by atoms with Gasteiger partial charge in [-0.15, -0.1) is 0 Å². The molecule has 2 aromatic carbocycles. The molecular weight excluding hydrogens is 310 g/mol. The van der Waals surface area contributed by atoms with Gasteiger partial charge in [-0.2, -0.15) is 0 Å². The molecule has 2 heterocycles. The summed E-state index contributed by atoms with van der Waals surface area (Å²) in [5.41, 5.74) is 2.84. The predicted octanol–water partition coefficient (Wildman–Crippen LogP) is 3.45. The summed E-state index contributed by atoms with van der Waals surface area (Å²) >= 11 is 0. The number of aromatic nitrogens is 1. The minimum atomic E-state index is 0.120. The van der Waals surface area contributed by atoms with Crippen molar-refractivity contribution in [3.05, 3.63) is 66.4 Å². The second-order valence-corrected chi connectivity index (χ2v) is 6.61.